The molecule has 0 fully saturated rings. The van der Waals surface area contributed by atoms with Gasteiger partial charge in [0.25, 0.3) is 0 Å². The lowest BCUT2D eigenvalue weighted by molar-refractivity contribution is 0.592. The van der Waals surface area contributed by atoms with Crippen LogP contribution in [0.1, 0.15) is 22.3 Å². The van der Waals surface area contributed by atoms with Gasteiger partial charge in [-0.05, 0) is 55.6 Å². The Hall–Kier alpha value is -8.56. The lowest BCUT2D eigenvalue weighted by Gasteiger charge is -2.33. The highest BCUT2D eigenvalue weighted by Crippen LogP contribution is 2.58. The fraction of sp³-hybridized carbons (Fsp3) is 0.0156. The normalized spacial score (nSPS) is 12.5. The van der Waals surface area contributed by atoms with Crippen LogP contribution in [0.5, 0.6) is 0 Å². The van der Waals surface area contributed by atoms with Crippen molar-refractivity contribution in [2.75, 3.05) is 0 Å². The van der Waals surface area contributed by atoms with E-state index in [4.69, 9.17) is 15.0 Å². The molecule has 0 unspecified atom stereocenters. The zero-order chi connectivity index (χ0) is 46.2. The zero-order valence-electron chi connectivity index (χ0n) is 37.6. The van der Waals surface area contributed by atoms with Gasteiger partial charge in [-0.3, -0.25) is 0 Å². The van der Waals surface area contributed by atoms with Gasteiger partial charge in [-0.15, -0.1) is 0 Å². The van der Waals surface area contributed by atoms with E-state index in [1.54, 1.807) is 0 Å². The second-order valence-electron chi connectivity index (χ2n) is 17.4. The van der Waals surface area contributed by atoms with E-state index in [2.05, 4.69) is 176 Å². The van der Waals surface area contributed by atoms with Crippen molar-refractivity contribution in [3.8, 4) is 67.5 Å². The van der Waals surface area contributed by atoms with Crippen LogP contribution in [0.4, 0.5) is 0 Å². The van der Waals surface area contributed by atoms with Crippen molar-refractivity contribution in [2.45, 2.75) is 5.41 Å². The third kappa shape index (κ3) is 7.25. The number of fused-ring (bicyclic) bond motifs is 3. The molecule has 0 saturated carbocycles. The van der Waals surface area contributed by atoms with E-state index in [1.165, 1.54) is 27.8 Å². The maximum Gasteiger partial charge on any atom is 0.171 e. The van der Waals surface area contributed by atoms with Gasteiger partial charge in [0.1, 0.15) is 0 Å². The van der Waals surface area contributed by atoms with Gasteiger partial charge in [-0.2, -0.15) is 0 Å². The number of nitrogens with zero attached hydrogens (tertiary/aromatic N) is 3. The Morgan fingerprint density at radius 3 is 1.13 bits per heavy atom. The molecule has 11 aromatic rings. The molecule has 0 aliphatic heterocycles. The van der Waals surface area contributed by atoms with Crippen LogP contribution in [0.15, 0.2) is 267 Å². The molecule has 4 nitrogen and oxygen atoms in total. The van der Waals surface area contributed by atoms with E-state index in [1.807, 2.05) is 91.0 Å². The summed E-state index contributed by atoms with van der Waals surface area (Å²) in [7, 11) is -3.05. The third-order valence-corrected chi connectivity index (χ3v) is 16.6. The van der Waals surface area contributed by atoms with Crippen molar-refractivity contribution in [1.82, 2.24) is 15.0 Å². The summed E-state index contributed by atoms with van der Waals surface area (Å²) in [4.78, 5) is 15.7. The summed E-state index contributed by atoms with van der Waals surface area (Å²) >= 11 is 0. The minimum Gasteiger partial charge on any atom is -0.309 e. The Labute approximate surface area is 402 Å². The monoisotopic (exact) mass is 901 g/mol. The largest absolute Gasteiger partial charge is 0.309 e. The van der Waals surface area contributed by atoms with Crippen molar-refractivity contribution in [3.63, 3.8) is 0 Å². The summed E-state index contributed by atoms with van der Waals surface area (Å²) in [5.74, 6) is 1.85. The van der Waals surface area contributed by atoms with Crippen LogP contribution in [-0.4, -0.2) is 15.0 Å². The Morgan fingerprint density at radius 1 is 0.275 bits per heavy atom. The quantitative estimate of drug-likeness (QED) is 0.128. The van der Waals surface area contributed by atoms with Gasteiger partial charge in [-0.1, -0.05) is 267 Å². The Kier molecular flexibility index (Phi) is 10.7. The number of hydrogen-bond acceptors (Lipinski definition) is 4. The summed E-state index contributed by atoms with van der Waals surface area (Å²) in [6, 6.07) is 92.1. The van der Waals surface area contributed by atoms with Gasteiger partial charge in [0.2, 0.25) is 0 Å². The van der Waals surface area contributed by atoms with Crippen LogP contribution >= 0.6 is 7.14 Å². The van der Waals surface area contributed by atoms with Gasteiger partial charge in [0.05, 0.1) is 5.41 Å². The minimum atomic E-state index is -3.05. The fourth-order valence-electron chi connectivity index (χ4n) is 10.3. The number of benzene rings is 10. The first-order valence-electron chi connectivity index (χ1n) is 23.3. The van der Waals surface area contributed by atoms with E-state index in [9.17, 15) is 4.57 Å². The molecule has 1 aliphatic rings. The van der Waals surface area contributed by atoms with Crippen LogP contribution in [-0.2, 0) is 9.98 Å². The standard InChI is InChI=1S/C64H44N3OP/c68-69(53-25-12-4-13-26-53,54-27-14-5-15-28-54)55-43-41-48(42-44-55)46-35-33-45(34-36-46)47-37-39-50(40-38-47)62-65-61(49-19-6-1-7-20-49)66-63(67-62)57-30-18-32-59-60(57)56-29-16-17-31-58(56)64(59,51-21-8-2-9-22-51)52-23-10-3-11-24-52/h1-44H. The molecule has 0 saturated heterocycles. The van der Waals surface area contributed by atoms with Gasteiger partial charge < -0.3 is 4.57 Å². The molecule has 10 aromatic carbocycles. The highest BCUT2D eigenvalue weighted by molar-refractivity contribution is 7.85. The topological polar surface area (TPSA) is 55.7 Å². The van der Waals surface area contributed by atoms with E-state index in [-0.39, 0.29) is 0 Å². The lowest BCUT2D eigenvalue weighted by Crippen LogP contribution is -2.28. The lowest BCUT2D eigenvalue weighted by atomic mass is 9.67. The maximum atomic E-state index is 14.9. The predicted molar refractivity (Wildman–Crippen MR) is 284 cm³/mol. The van der Waals surface area contributed by atoms with Crippen molar-refractivity contribution >= 4 is 23.1 Å². The molecule has 0 atom stereocenters. The van der Waals surface area contributed by atoms with Crippen molar-refractivity contribution in [1.29, 1.82) is 0 Å². The Morgan fingerprint density at radius 2 is 0.623 bits per heavy atom. The molecule has 5 heteroatoms. The summed E-state index contributed by atoms with van der Waals surface area (Å²) in [6.07, 6.45) is 0. The first-order chi connectivity index (χ1) is 34.1. The van der Waals surface area contributed by atoms with E-state index in [0.29, 0.717) is 17.5 Å². The van der Waals surface area contributed by atoms with Gasteiger partial charge in [0.15, 0.2) is 24.6 Å². The second-order valence-corrected chi connectivity index (χ2v) is 20.2. The molecule has 1 heterocycles. The van der Waals surface area contributed by atoms with Crippen LogP contribution in [0.2, 0.25) is 0 Å². The second kappa shape index (κ2) is 17.6. The van der Waals surface area contributed by atoms with E-state index >= 15 is 0 Å². The van der Waals surface area contributed by atoms with Crippen LogP contribution in [0.3, 0.4) is 0 Å². The Bertz CT molecular complexity index is 3560. The first-order valence-corrected chi connectivity index (χ1v) is 25.0. The molecule has 1 aromatic heterocycles. The number of hydrogen-bond donors (Lipinski definition) is 0. The molecule has 0 radical (unpaired) electrons. The molecule has 0 amide bonds. The van der Waals surface area contributed by atoms with Crippen molar-refractivity contribution in [3.05, 3.63) is 289 Å². The number of rotatable bonds is 10. The predicted octanol–water partition coefficient (Wildman–Crippen LogP) is 14.2. The molecular formula is C64H44N3OP. The van der Waals surface area contributed by atoms with Crippen molar-refractivity contribution < 1.29 is 4.57 Å². The average molecular weight is 902 g/mol. The number of aromatic nitrogens is 3. The van der Waals surface area contributed by atoms with E-state index < -0.39 is 12.6 Å². The molecule has 1 aliphatic carbocycles. The van der Waals surface area contributed by atoms with Gasteiger partial charge in [-0.25, -0.2) is 15.0 Å². The zero-order valence-corrected chi connectivity index (χ0v) is 38.5. The van der Waals surface area contributed by atoms with Crippen LogP contribution in [0, 0.1) is 0 Å². The smallest absolute Gasteiger partial charge is 0.171 e. The third-order valence-electron chi connectivity index (χ3n) is 13.6. The molecule has 0 bridgehead atoms. The van der Waals surface area contributed by atoms with Crippen molar-refractivity contribution in [2.24, 2.45) is 0 Å². The fourth-order valence-corrected chi connectivity index (χ4v) is 12.9. The minimum absolute atomic E-state index is 0.544. The molecule has 326 valence electrons. The van der Waals surface area contributed by atoms with Crippen LogP contribution < -0.4 is 15.9 Å². The summed E-state index contributed by atoms with van der Waals surface area (Å²) < 4.78 is 14.9. The summed E-state index contributed by atoms with van der Waals surface area (Å²) in [6.45, 7) is 0. The molecule has 69 heavy (non-hydrogen) atoms. The molecule has 0 N–H and O–H groups in total. The highest BCUT2D eigenvalue weighted by Gasteiger charge is 2.47. The van der Waals surface area contributed by atoms with Gasteiger partial charge in [0, 0.05) is 32.6 Å². The molecule has 12 rings (SSSR count). The van der Waals surface area contributed by atoms with Crippen LogP contribution in [0.25, 0.3) is 67.5 Å². The summed E-state index contributed by atoms with van der Waals surface area (Å²) in [5, 5.41) is 2.46. The molecular weight excluding hydrogens is 858 g/mol. The average Bonchev–Trinajstić information content (AvgIpc) is 3.75. The van der Waals surface area contributed by atoms with E-state index in [0.717, 1.165) is 60.4 Å². The highest BCUT2D eigenvalue weighted by atomic mass is 31.2. The summed E-state index contributed by atoms with van der Waals surface area (Å²) in [5.41, 5.74) is 13.7. The Balaban J connectivity index is 0.897. The molecule has 0 spiro atoms. The maximum absolute atomic E-state index is 14.9. The first kappa shape index (κ1) is 41.8. The van der Waals surface area contributed by atoms with Gasteiger partial charge >= 0.3 is 0 Å². The SMILES string of the molecule is O=P(c1ccccc1)(c1ccccc1)c1ccc(-c2ccc(-c3ccc(-c4nc(-c5ccccc5)nc(-c5cccc6c5-c5ccccc5C6(c5ccccc5)c5ccccc5)n4)cc3)cc2)cc1.